The molecule has 6 atom stereocenters. The number of aromatic amines is 1. The van der Waals surface area contributed by atoms with E-state index in [4.69, 9.17) is 25.6 Å². The Hall–Kier alpha value is -0.680. The third kappa shape index (κ3) is 5.69. The molecule has 28 heavy (non-hydrogen) atoms. The average Bonchev–Trinajstić information content (AvgIpc) is 2.96. The van der Waals surface area contributed by atoms with E-state index in [-0.39, 0.29) is 12.6 Å². The van der Waals surface area contributed by atoms with Crippen LogP contribution in [0.5, 0.6) is 0 Å². The van der Waals surface area contributed by atoms with Crippen LogP contribution in [0.2, 0.25) is 0 Å². The Bertz CT molecular complexity index is 888. The molecule has 0 radical (unpaired) electrons. The van der Waals surface area contributed by atoms with E-state index in [0.717, 1.165) is 7.11 Å². The van der Waals surface area contributed by atoms with Crippen molar-refractivity contribution in [2.24, 2.45) is 5.92 Å². The van der Waals surface area contributed by atoms with Crippen LogP contribution in [0, 0.1) is 5.92 Å². The number of nitrogens with one attached hydrogen (secondary N) is 1. The molecule has 1 aliphatic carbocycles. The zero-order valence-corrected chi connectivity index (χ0v) is 18.2. The molecule has 1 aromatic heterocycles. The van der Waals surface area contributed by atoms with Crippen LogP contribution >= 0.6 is 14.3 Å². The van der Waals surface area contributed by atoms with Gasteiger partial charge in [-0.1, -0.05) is 0 Å². The summed E-state index contributed by atoms with van der Waals surface area (Å²) < 4.78 is 33.7. The highest BCUT2D eigenvalue weighted by atomic mass is 32.5. The number of nitrogens with zero attached hydrogens (tertiary/aromatic N) is 1. The molecule has 160 valence electrons. The molecule has 3 N–H and O–H groups in total. The second-order valence-electron chi connectivity index (χ2n) is 6.33. The van der Waals surface area contributed by atoms with Gasteiger partial charge >= 0.3 is 20.0 Å². The van der Waals surface area contributed by atoms with Gasteiger partial charge in [-0.2, -0.15) is 0 Å². The minimum absolute atomic E-state index is 0.154. The first-order valence-corrected chi connectivity index (χ1v) is 12.7. The van der Waals surface area contributed by atoms with Crippen molar-refractivity contribution in [3.05, 3.63) is 33.1 Å². The fourth-order valence-electron chi connectivity index (χ4n) is 3.36. The predicted octanol–water partition coefficient (Wildman–Crippen LogP) is 0.583. The van der Waals surface area contributed by atoms with Crippen LogP contribution in [0.4, 0.5) is 0 Å². The number of rotatable bonds is 9. The number of hydrogen-bond acceptors (Lipinski definition) is 8. The van der Waals surface area contributed by atoms with Gasteiger partial charge in [-0.05, 0) is 30.6 Å². The summed E-state index contributed by atoms with van der Waals surface area (Å²) >= 11 is 4.94. The fourth-order valence-corrected chi connectivity index (χ4v) is 5.19. The monoisotopic (exact) mass is 458 g/mol. The molecule has 0 aliphatic heterocycles. The lowest BCUT2D eigenvalue weighted by molar-refractivity contribution is -0.0176. The number of ether oxygens (including phenoxy) is 1. The number of aromatic nitrogens is 2. The molecule has 0 spiro atoms. The zero-order chi connectivity index (χ0) is 21.1. The van der Waals surface area contributed by atoms with Crippen molar-refractivity contribution in [1.82, 2.24) is 9.55 Å². The molecular weight excluding hydrogens is 434 g/mol. The van der Waals surface area contributed by atoms with Gasteiger partial charge in [-0.3, -0.25) is 18.9 Å². The van der Waals surface area contributed by atoms with Crippen molar-refractivity contribution in [3.8, 4) is 0 Å². The van der Waals surface area contributed by atoms with Crippen molar-refractivity contribution in [3.63, 3.8) is 0 Å². The van der Waals surface area contributed by atoms with Gasteiger partial charge in [0, 0.05) is 33.6 Å². The minimum atomic E-state index is -3.77. The van der Waals surface area contributed by atoms with E-state index in [1.807, 2.05) is 0 Å². The highest BCUT2D eigenvalue weighted by Crippen LogP contribution is 2.52. The third-order valence-electron chi connectivity index (χ3n) is 4.75. The lowest BCUT2D eigenvalue weighted by Crippen LogP contribution is -2.38. The van der Waals surface area contributed by atoms with Crippen LogP contribution in [0.1, 0.15) is 18.9 Å². The van der Waals surface area contributed by atoms with Gasteiger partial charge in [0.15, 0.2) is 0 Å². The van der Waals surface area contributed by atoms with Crippen molar-refractivity contribution < 1.29 is 32.7 Å². The van der Waals surface area contributed by atoms with Crippen LogP contribution < -0.4 is 11.2 Å². The molecule has 1 saturated carbocycles. The van der Waals surface area contributed by atoms with E-state index in [9.17, 15) is 23.9 Å². The first-order valence-electron chi connectivity index (χ1n) is 8.32. The first-order chi connectivity index (χ1) is 13.0. The Morgan fingerprint density at radius 2 is 1.93 bits per heavy atom. The molecule has 2 unspecified atom stereocenters. The zero-order valence-electron chi connectivity index (χ0n) is 15.6. The van der Waals surface area contributed by atoms with Gasteiger partial charge < -0.3 is 28.1 Å². The van der Waals surface area contributed by atoms with Gasteiger partial charge in [-0.15, -0.1) is 0 Å². The van der Waals surface area contributed by atoms with Crippen LogP contribution in [0.25, 0.3) is 0 Å². The highest BCUT2D eigenvalue weighted by molar-refractivity contribution is 8.07. The normalized spacial score (nSPS) is 29.3. The minimum Gasteiger partial charge on any atom is -0.377 e. The maximum atomic E-state index is 12.2. The molecule has 1 aliphatic rings. The van der Waals surface area contributed by atoms with Crippen LogP contribution in [0.3, 0.4) is 0 Å². The standard InChI is InChI=1S/C14H24N2O9P2S/c1-22-13-10(16-6-4-11(17)15-14(16)18)8-9(5-7-26(19,20)23-2)12(13)25-27(21,28)24-3/h4,6,9-10,12-13H,5,7-8H2,1-3H3,(H,19,20)(H,21,28)(H,15,17,18)/t9-,10+,12+,13-,27?/m0/s1. The summed E-state index contributed by atoms with van der Waals surface area (Å²) in [5.74, 6) is -0.394. The predicted molar refractivity (Wildman–Crippen MR) is 104 cm³/mol. The topological polar surface area (TPSA) is 149 Å². The SMILES string of the molecule is CO[C@@H]1[C@H](OP(O)(=S)OC)[C@@H](CCP(=O)(O)OC)C[C@H]1n1ccc(=O)[nH]c1=O. The van der Waals surface area contributed by atoms with Gasteiger partial charge in [0.25, 0.3) is 5.56 Å². The molecule has 1 aromatic rings. The second kappa shape index (κ2) is 9.42. The number of methoxy groups -OCH3 is 1. The van der Waals surface area contributed by atoms with Crippen LogP contribution in [-0.4, -0.2) is 59.0 Å². The molecular formula is C14H24N2O9P2S. The summed E-state index contributed by atoms with van der Waals surface area (Å²) in [7, 11) is -0.00703. The summed E-state index contributed by atoms with van der Waals surface area (Å²) in [6.07, 6.45) is 0.172. The summed E-state index contributed by atoms with van der Waals surface area (Å²) in [6, 6.07) is 0.646. The van der Waals surface area contributed by atoms with E-state index in [1.165, 1.54) is 31.0 Å². The molecule has 0 saturated heterocycles. The Morgan fingerprint density at radius 1 is 1.25 bits per heavy atom. The largest absolute Gasteiger partial charge is 0.377 e. The highest BCUT2D eigenvalue weighted by Gasteiger charge is 2.48. The van der Waals surface area contributed by atoms with E-state index in [2.05, 4.69) is 9.51 Å². The molecule has 1 fully saturated rings. The summed E-state index contributed by atoms with van der Waals surface area (Å²) in [4.78, 5) is 45.6. The fraction of sp³-hybridized carbons (Fsp3) is 0.714. The van der Waals surface area contributed by atoms with Crippen LogP contribution in [0.15, 0.2) is 21.9 Å². The second-order valence-corrected chi connectivity index (χ2v) is 11.3. The maximum Gasteiger partial charge on any atom is 0.328 e. The summed E-state index contributed by atoms with van der Waals surface area (Å²) in [5, 5.41) is 0. The van der Waals surface area contributed by atoms with Gasteiger partial charge in [0.2, 0.25) is 0 Å². The maximum absolute atomic E-state index is 12.2. The van der Waals surface area contributed by atoms with Gasteiger partial charge in [-0.25, -0.2) is 4.79 Å². The Labute approximate surface area is 166 Å². The summed E-state index contributed by atoms with van der Waals surface area (Å²) in [5.41, 5.74) is -1.16. The van der Waals surface area contributed by atoms with Crippen molar-refractivity contribution in [1.29, 1.82) is 0 Å². The van der Waals surface area contributed by atoms with Crippen molar-refractivity contribution in [2.45, 2.75) is 31.1 Å². The van der Waals surface area contributed by atoms with E-state index >= 15 is 0 Å². The molecule has 11 nitrogen and oxygen atoms in total. The van der Waals surface area contributed by atoms with Crippen LogP contribution in [-0.2, 0) is 34.7 Å². The number of H-pyrrole nitrogens is 1. The molecule has 1 heterocycles. The Balaban J connectivity index is 2.38. The van der Waals surface area contributed by atoms with E-state index in [0.29, 0.717) is 6.42 Å². The molecule has 0 amide bonds. The first kappa shape index (κ1) is 23.6. The third-order valence-corrected chi connectivity index (χ3v) is 7.82. The van der Waals surface area contributed by atoms with Gasteiger partial charge in [0.1, 0.15) is 6.10 Å². The van der Waals surface area contributed by atoms with Gasteiger partial charge in [0.05, 0.1) is 18.3 Å². The molecule has 2 rings (SSSR count). The number of hydrogen-bond donors (Lipinski definition) is 3. The quantitative estimate of drug-likeness (QED) is 0.449. The van der Waals surface area contributed by atoms with E-state index in [1.54, 1.807) is 0 Å². The lowest BCUT2D eigenvalue weighted by Gasteiger charge is -2.28. The Kier molecular flexibility index (Phi) is 7.94. The summed E-state index contributed by atoms with van der Waals surface area (Å²) in [6.45, 7) is -3.57. The van der Waals surface area contributed by atoms with Crippen molar-refractivity contribution in [2.75, 3.05) is 27.5 Å². The smallest absolute Gasteiger partial charge is 0.328 e. The van der Waals surface area contributed by atoms with E-state index < -0.39 is 49.7 Å². The molecule has 0 bridgehead atoms. The lowest BCUT2D eigenvalue weighted by atomic mass is 10.0. The average molecular weight is 458 g/mol. The molecule has 14 heteroatoms. The van der Waals surface area contributed by atoms with Crippen molar-refractivity contribution >= 4 is 26.1 Å². The Morgan fingerprint density at radius 3 is 2.46 bits per heavy atom. The molecule has 0 aromatic carbocycles.